The Labute approximate surface area is 179 Å². The maximum atomic E-state index is 13.7. The molecule has 2 aliphatic rings. The Balaban J connectivity index is 1.61. The Bertz CT molecular complexity index is 1100. The van der Waals surface area contributed by atoms with Crippen molar-refractivity contribution in [2.45, 2.75) is 43.6 Å². The number of aliphatic hydroxyl groups is 1. The number of alkyl halides is 3. The second-order valence-corrected chi connectivity index (χ2v) is 7.89. The molecule has 2 saturated heterocycles. The molecule has 8 nitrogen and oxygen atoms in total. The maximum Gasteiger partial charge on any atom is 0.418 e. The van der Waals surface area contributed by atoms with Crippen LogP contribution in [0.5, 0.6) is 0 Å². The van der Waals surface area contributed by atoms with Crippen molar-refractivity contribution in [2.24, 2.45) is 0 Å². The Morgan fingerprint density at radius 2 is 2.10 bits per heavy atom. The van der Waals surface area contributed by atoms with Gasteiger partial charge in [0.2, 0.25) is 0 Å². The van der Waals surface area contributed by atoms with Gasteiger partial charge in [-0.15, -0.1) is 0 Å². The monoisotopic (exact) mass is 455 g/mol. The van der Waals surface area contributed by atoms with E-state index in [1.54, 1.807) is 30.1 Å². The van der Waals surface area contributed by atoms with Gasteiger partial charge in [0.05, 0.1) is 17.9 Å². The normalized spacial score (nSPS) is 28.3. The lowest BCUT2D eigenvalue weighted by Crippen LogP contribution is -2.60. The molecular weight excluding hydrogens is 439 g/mol. The highest BCUT2D eigenvalue weighted by atomic mass is 35.5. The lowest BCUT2D eigenvalue weighted by molar-refractivity contribution is -0.288. The van der Waals surface area contributed by atoms with E-state index in [4.69, 9.17) is 21.1 Å². The van der Waals surface area contributed by atoms with Gasteiger partial charge in [0, 0.05) is 17.4 Å². The van der Waals surface area contributed by atoms with Crippen molar-refractivity contribution < 1.29 is 27.8 Å². The Morgan fingerprint density at radius 3 is 2.74 bits per heavy atom. The zero-order valence-electron chi connectivity index (χ0n) is 16.1. The first kappa shape index (κ1) is 20.4. The molecule has 0 aliphatic carbocycles. The highest BCUT2D eigenvalue weighted by Gasteiger charge is 2.54. The Morgan fingerprint density at radius 1 is 1.29 bits per heavy atom. The van der Waals surface area contributed by atoms with Crippen LogP contribution in [0.15, 0.2) is 36.7 Å². The molecule has 1 aromatic carbocycles. The first-order valence-electron chi connectivity index (χ1n) is 9.49. The van der Waals surface area contributed by atoms with Crippen molar-refractivity contribution in [1.29, 1.82) is 0 Å². The number of hydrogen-bond acceptors (Lipinski definition) is 6. The van der Waals surface area contributed by atoms with Crippen LogP contribution in [0.25, 0.3) is 5.69 Å². The van der Waals surface area contributed by atoms with Gasteiger partial charge >= 0.3 is 6.18 Å². The molecule has 0 saturated carbocycles. The van der Waals surface area contributed by atoms with E-state index in [-0.39, 0.29) is 28.5 Å². The summed E-state index contributed by atoms with van der Waals surface area (Å²) in [7, 11) is 0. The van der Waals surface area contributed by atoms with Gasteiger partial charge in [0.1, 0.15) is 36.3 Å². The highest BCUT2D eigenvalue weighted by molar-refractivity contribution is 6.30. The highest BCUT2D eigenvalue weighted by Crippen LogP contribution is 2.44. The van der Waals surface area contributed by atoms with E-state index in [0.717, 1.165) is 22.9 Å². The van der Waals surface area contributed by atoms with Crippen molar-refractivity contribution in [2.75, 3.05) is 6.61 Å². The van der Waals surface area contributed by atoms with E-state index in [9.17, 15) is 18.3 Å². The number of aliphatic hydroxyl groups excluding tert-OH is 1. The van der Waals surface area contributed by atoms with Gasteiger partial charge in [-0.1, -0.05) is 11.6 Å². The minimum absolute atomic E-state index is 0.0419. The Kier molecular flexibility index (Phi) is 4.81. The third kappa shape index (κ3) is 3.41. The molecule has 164 valence electrons. The van der Waals surface area contributed by atoms with Gasteiger partial charge in [0.25, 0.3) is 0 Å². The number of rotatable bonds is 3. The molecule has 0 bridgehead atoms. The quantitative estimate of drug-likeness (QED) is 0.653. The standard InChI is InChI=1S/C19H17ClF3N5O3/c1-9-25-18(28(26-9)12-7-10(20)3-4-11(12)19(21,22)23)17-15(29)14(27-6-2-5-24-27)16-13(31-17)8-30-16/h2-7,13-17,29H,8H2,1H3. The second kappa shape index (κ2) is 7.30. The SMILES string of the molecule is Cc1nc(C2OC3COC3C(n3cccn3)C2O)n(-c2cc(Cl)ccc2C(F)(F)F)n1. The molecule has 1 N–H and O–H groups in total. The van der Waals surface area contributed by atoms with Crippen molar-refractivity contribution in [1.82, 2.24) is 24.5 Å². The molecule has 12 heteroatoms. The summed E-state index contributed by atoms with van der Waals surface area (Å²) in [4.78, 5) is 4.30. The molecule has 0 radical (unpaired) electrons. The zero-order chi connectivity index (χ0) is 21.9. The van der Waals surface area contributed by atoms with Crippen molar-refractivity contribution in [3.8, 4) is 5.69 Å². The molecular formula is C19H17ClF3N5O3. The van der Waals surface area contributed by atoms with Crippen molar-refractivity contribution >= 4 is 11.6 Å². The third-order valence-corrected chi connectivity index (χ3v) is 5.69. The van der Waals surface area contributed by atoms with Crippen LogP contribution in [0.2, 0.25) is 5.02 Å². The fourth-order valence-electron chi connectivity index (χ4n) is 4.05. The van der Waals surface area contributed by atoms with Gasteiger partial charge in [-0.25, -0.2) is 9.67 Å². The van der Waals surface area contributed by atoms with E-state index in [1.165, 1.54) is 0 Å². The molecule has 3 aromatic rings. The lowest BCUT2D eigenvalue weighted by Gasteiger charge is -2.49. The predicted octanol–water partition coefficient (Wildman–Crippen LogP) is 2.89. The first-order chi connectivity index (χ1) is 14.7. The van der Waals surface area contributed by atoms with E-state index >= 15 is 0 Å². The second-order valence-electron chi connectivity index (χ2n) is 7.45. The molecule has 5 atom stereocenters. The van der Waals surface area contributed by atoms with E-state index in [0.29, 0.717) is 6.61 Å². The average molecular weight is 456 g/mol. The number of benzene rings is 1. The first-order valence-corrected chi connectivity index (χ1v) is 9.87. The number of halogens is 4. The van der Waals surface area contributed by atoms with Crippen molar-refractivity contribution in [3.05, 3.63) is 58.9 Å². The topological polar surface area (TPSA) is 87.2 Å². The molecule has 0 spiro atoms. The van der Waals surface area contributed by atoms with Crippen LogP contribution in [-0.4, -0.2) is 54.6 Å². The van der Waals surface area contributed by atoms with Gasteiger partial charge in [-0.2, -0.15) is 23.4 Å². The number of ether oxygens (including phenoxy) is 2. The summed E-state index contributed by atoms with van der Waals surface area (Å²) in [6, 6.07) is 4.32. The zero-order valence-corrected chi connectivity index (χ0v) is 16.8. The number of fused-ring (bicyclic) bond motifs is 1. The van der Waals surface area contributed by atoms with Crippen LogP contribution < -0.4 is 0 Å². The van der Waals surface area contributed by atoms with Crippen LogP contribution in [0, 0.1) is 6.92 Å². The van der Waals surface area contributed by atoms with Crippen LogP contribution >= 0.6 is 11.6 Å². The molecule has 2 aliphatic heterocycles. The van der Waals surface area contributed by atoms with Crippen LogP contribution in [0.1, 0.15) is 29.4 Å². The van der Waals surface area contributed by atoms with Crippen LogP contribution in [0.4, 0.5) is 13.2 Å². The number of aryl methyl sites for hydroxylation is 1. The molecule has 5 rings (SSSR count). The van der Waals surface area contributed by atoms with Gasteiger partial charge in [-0.05, 0) is 31.2 Å². The smallest absolute Gasteiger partial charge is 0.388 e. The van der Waals surface area contributed by atoms with Gasteiger partial charge in [0.15, 0.2) is 5.82 Å². The van der Waals surface area contributed by atoms with E-state index < -0.39 is 36.1 Å². The Hall–Kier alpha value is -2.47. The number of aromatic nitrogens is 5. The van der Waals surface area contributed by atoms with E-state index in [1.807, 2.05) is 0 Å². The fourth-order valence-corrected chi connectivity index (χ4v) is 4.22. The molecule has 2 aromatic heterocycles. The van der Waals surface area contributed by atoms with Crippen LogP contribution in [0.3, 0.4) is 0 Å². The molecule has 5 unspecified atom stereocenters. The van der Waals surface area contributed by atoms with Gasteiger partial charge < -0.3 is 14.6 Å². The van der Waals surface area contributed by atoms with E-state index in [2.05, 4.69) is 15.2 Å². The summed E-state index contributed by atoms with van der Waals surface area (Å²) in [5, 5.41) is 19.6. The minimum Gasteiger partial charge on any atom is -0.388 e. The summed E-state index contributed by atoms with van der Waals surface area (Å²) < 4.78 is 55.2. The maximum absolute atomic E-state index is 13.7. The lowest BCUT2D eigenvalue weighted by atomic mass is 9.89. The number of hydrogen-bond donors (Lipinski definition) is 1. The molecule has 2 fully saturated rings. The summed E-state index contributed by atoms with van der Waals surface area (Å²) in [5.74, 6) is 0.266. The largest absolute Gasteiger partial charge is 0.418 e. The predicted molar refractivity (Wildman–Crippen MR) is 101 cm³/mol. The summed E-state index contributed by atoms with van der Waals surface area (Å²) in [6.45, 7) is 1.84. The molecule has 4 heterocycles. The summed E-state index contributed by atoms with van der Waals surface area (Å²) in [6.07, 6.45) is -4.44. The number of nitrogens with zero attached hydrogens (tertiary/aromatic N) is 5. The molecule has 31 heavy (non-hydrogen) atoms. The summed E-state index contributed by atoms with van der Waals surface area (Å²) in [5.41, 5.74) is -1.23. The van der Waals surface area contributed by atoms with Gasteiger partial charge in [-0.3, -0.25) is 4.68 Å². The fraction of sp³-hybridized carbons (Fsp3) is 0.421. The third-order valence-electron chi connectivity index (χ3n) is 5.45. The summed E-state index contributed by atoms with van der Waals surface area (Å²) >= 11 is 5.99. The average Bonchev–Trinajstić information content (AvgIpc) is 3.33. The minimum atomic E-state index is -4.65. The molecule has 0 amide bonds. The van der Waals surface area contributed by atoms with Crippen molar-refractivity contribution in [3.63, 3.8) is 0 Å². The van der Waals surface area contributed by atoms with Crippen LogP contribution in [-0.2, 0) is 15.7 Å².